The van der Waals surface area contributed by atoms with Crippen LogP contribution in [0.3, 0.4) is 0 Å². The molecule has 0 aliphatic carbocycles. The maximum absolute atomic E-state index is 12.3. The molecule has 0 aromatic heterocycles. The summed E-state index contributed by atoms with van der Waals surface area (Å²) in [5, 5.41) is 11.6. The van der Waals surface area contributed by atoms with Gasteiger partial charge in [-0.15, -0.1) is 0 Å². The average Bonchev–Trinajstić information content (AvgIpc) is 2.38. The molecule has 0 saturated carbocycles. The number of amides is 1. The number of hydrogen-bond donors (Lipinski definition) is 2. The summed E-state index contributed by atoms with van der Waals surface area (Å²) in [7, 11) is 0. The van der Waals surface area contributed by atoms with Gasteiger partial charge in [0.2, 0.25) is 5.91 Å². The quantitative estimate of drug-likeness (QED) is 0.588. The van der Waals surface area contributed by atoms with E-state index in [1.165, 1.54) is 6.92 Å². The zero-order valence-electron chi connectivity index (χ0n) is 14.4. The summed E-state index contributed by atoms with van der Waals surface area (Å²) in [6.07, 6.45) is -0.366. The molecule has 0 saturated heterocycles. The topological polar surface area (TPSA) is 110 Å². The third-order valence-corrected chi connectivity index (χ3v) is 3.31. The Morgan fingerprint density at radius 1 is 1.09 bits per heavy atom. The zero-order valence-corrected chi connectivity index (χ0v) is 14.4. The molecule has 0 radical (unpaired) electrons. The van der Waals surface area contributed by atoms with Crippen molar-refractivity contribution in [3.8, 4) is 0 Å². The van der Waals surface area contributed by atoms with E-state index in [0.717, 1.165) is 0 Å². The fraction of sp³-hybridized carbons (Fsp3) is 0.750. The third-order valence-electron chi connectivity index (χ3n) is 3.31. The molecule has 0 aliphatic heterocycles. The number of Topliss-reactive ketones (excluding diaryl/α,β-unsaturated/α-hetero) is 1. The molecule has 7 nitrogen and oxygen atoms in total. The summed E-state index contributed by atoms with van der Waals surface area (Å²) in [5.74, 6) is -3.33. The number of hydrogen-bond acceptors (Lipinski definition) is 5. The van der Waals surface area contributed by atoms with E-state index in [9.17, 15) is 19.2 Å². The monoisotopic (exact) mass is 329 g/mol. The highest BCUT2D eigenvalue weighted by Gasteiger charge is 2.29. The number of carbonyl (C=O) groups excluding carboxylic acids is 3. The SMILES string of the molecule is CC(=O)NC(CCC(=O)OC(C)C)C(=O)CC(C(=O)O)C(C)C. The third kappa shape index (κ3) is 8.95. The lowest BCUT2D eigenvalue weighted by Gasteiger charge is -2.21. The van der Waals surface area contributed by atoms with Gasteiger partial charge in [0.15, 0.2) is 5.78 Å². The van der Waals surface area contributed by atoms with Gasteiger partial charge in [0.25, 0.3) is 0 Å². The van der Waals surface area contributed by atoms with Crippen LogP contribution < -0.4 is 5.32 Å². The first kappa shape index (κ1) is 21.1. The molecule has 0 aromatic carbocycles. The van der Waals surface area contributed by atoms with E-state index in [0.29, 0.717) is 0 Å². The summed E-state index contributed by atoms with van der Waals surface area (Å²) >= 11 is 0. The number of esters is 1. The van der Waals surface area contributed by atoms with Crippen LogP contribution in [0.2, 0.25) is 0 Å². The predicted octanol–water partition coefficient (Wildman–Crippen LogP) is 1.54. The summed E-state index contributed by atoms with van der Waals surface area (Å²) in [5.41, 5.74) is 0. The Labute approximate surface area is 136 Å². The number of rotatable bonds is 10. The van der Waals surface area contributed by atoms with Gasteiger partial charge in [0.1, 0.15) is 0 Å². The van der Waals surface area contributed by atoms with Crippen molar-refractivity contribution in [1.82, 2.24) is 5.32 Å². The number of carbonyl (C=O) groups is 4. The number of carboxylic acids is 1. The van der Waals surface area contributed by atoms with E-state index >= 15 is 0 Å². The van der Waals surface area contributed by atoms with E-state index < -0.39 is 35.6 Å². The van der Waals surface area contributed by atoms with Crippen LogP contribution in [0.15, 0.2) is 0 Å². The lowest BCUT2D eigenvalue weighted by Crippen LogP contribution is -2.41. The van der Waals surface area contributed by atoms with Crippen LogP contribution in [0.1, 0.15) is 53.9 Å². The van der Waals surface area contributed by atoms with Gasteiger partial charge < -0.3 is 15.2 Å². The van der Waals surface area contributed by atoms with E-state index in [2.05, 4.69) is 5.32 Å². The van der Waals surface area contributed by atoms with Gasteiger partial charge in [-0.05, 0) is 26.2 Å². The van der Waals surface area contributed by atoms with Crippen molar-refractivity contribution in [2.45, 2.75) is 66.0 Å². The first-order valence-electron chi connectivity index (χ1n) is 7.76. The molecule has 2 atom stereocenters. The molecule has 1 amide bonds. The van der Waals surface area contributed by atoms with E-state index in [1.807, 2.05) is 0 Å². The standard InChI is InChI=1S/C16H27NO6/c1-9(2)12(16(21)22)8-14(19)13(17-11(5)18)6-7-15(20)23-10(3)4/h9-10,12-13H,6-8H2,1-5H3,(H,17,18)(H,21,22). The van der Waals surface area contributed by atoms with Crippen molar-refractivity contribution in [3.63, 3.8) is 0 Å². The minimum absolute atomic E-state index is 0.0196. The number of nitrogens with one attached hydrogen (secondary N) is 1. The molecule has 0 spiro atoms. The molecule has 132 valence electrons. The maximum atomic E-state index is 12.3. The molecule has 0 aliphatic rings. The summed E-state index contributed by atoms with van der Waals surface area (Å²) in [6.45, 7) is 8.14. The lowest BCUT2D eigenvalue weighted by molar-refractivity contribution is -0.148. The van der Waals surface area contributed by atoms with Gasteiger partial charge in [-0.1, -0.05) is 13.8 Å². The second-order valence-electron chi connectivity index (χ2n) is 6.19. The molecule has 7 heteroatoms. The van der Waals surface area contributed by atoms with Crippen molar-refractivity contribution >= 4 is 23.6 Å². The van der Waals surface area contributed by atoms with Gasteiger partial charge in [0, 0.05) is 19.8 Å². The maximum Gasteiger partial charge on any atom is 0.307 e. The fourth-order valence-corrected chi connectivity index (χ4v) is 2.11. The molecule has 0 aromatic rings. The smallest absolute Gasteiger partial charge is 0.307 e. The van der Waals surface area contributed by atoms with Crippen LogP contribution in [0.25, 0.3) is 0 Å². The Kier molecular flexibility index (Phi) is 9.14. The number of aliphatic carboxylic acids is 1. The Bertz CT molecular complexity index is 444. The van der Waals surface area contributed by atoms with Gasteiger partial charge >= 0.3 is 11.9 Å². The molecule has 0 heterocycles. The highest BCUT2D eigenvalue weighted by molar-refractivity contribution is 5.91. The first-order valence-corrected chi connectivity index (χ1v) is 7.76. The minimum Gasteiger partial charge on any atom is -0.481 e. The van der Waals surface area contributed by atoms with Crippen LogP contribution in [0.4, 0.5) is 0 Å². The summed E-state index contributed by atoms with van der Waals surface area (Å²) in [6, 6.07) is -0.882. The highest BCUT2D eigenvalue weighted by Crippen LogP contribution is 2.18. The normalized spacial score (nSPS) is 13.5. The predicted molar refractivity (Wildman–Crippen MR) is 83.7 cm³/mol. The number of ketones is 1. The van der Waals surface area contributed by atoms with Crippen LogP contribution in [0, 0.1) is 11.8 Å². The van der Waals surface area contributed by atoms with Gasteiger partial charge in [-0.2, -0.15) is 0 Å². The highest BCUT2D eigenvalue weighted by atomic mass is 16.5. The Balaban J connectivity index is 4.81. The van der Waals surface area contributed by atoms with Crippen molar-refractivity contribution in [2.75, 3.05) is 0 Å². The molecule has 0 fully saturated rings. The Hall–Kier alpha value is -1.92. The van der Waals surface area contributed by atoms with Crippen LogP contribution >= 0.6 is 0 Å². The van der Waals surface area contributed by atoms with Crippen molar-refractivity contribution < 1.29 is 29.0 Å². The number of ether oxygens (including phenoxy) is 1. The largest absolute Gasteiger partial charge is 0.481 e. The zero-order chi connectivity index (χ0) is 18.2. The van der Waals surface area contributed by atoms with Gasteiger partial charge in [0.05, 0.1) is 18.1 Å². The van der Waals surface area contributed by atoms with Crippen LogP contribution in [-0.4, -0.2) is 40.9 Å². The Morgan fingerprint density at radius 2 is 1.65 bits per heavy atom. The summed E-state index contributed by atoms with van der Waals surface area (Å²) < 4.78 is 4.99. The van der Waals surface area contributed by atoms with Gasteiger partial charge in [-0.3, -0.25) is 19.2 Å². The number of carboxylic acid groups (broad SMARTS) is 1. The first-order chi connectivity index (χ1) is 10.5. The van der Waals surface area contributed by atoms with Gasteiger partial charge in [-0.25, -0.2) is 0 Å². The van der Waals surface area contributed by atoms with Crippen molar-refractivity contribution in [3.05, 3.63) is 0 Å². The average molecular weight is 329 g/mol. The fourth-order valence-electron chi connectivity index (χ4n) is 2.11. The van der Waals surface area contributed by atoms with Crippen LogP contribution in [-0.2, 0) is 23.9 Å². The Morgan fingerprint density at radius 3 is 2.04 bits per heavy atom. The second-order valence-corrected chi connectivity index (χ2v) is 6.19. The molecule has 2 N–H and O–H groups in total. The second kappa shape index (κ2) is 9.97. The molecule has 2 unspecified atom stereocenters. The lowest BCUT2D eigenvalue weighted by atomic mass is 9.88. The van der Waals surface area contributed by atoms with E-state index in [1.54, 1.807) is 27.7 Å². The van der Waals surface area contributed by atoms with Crippen molar-refractivity contribution in [2.24, 2.45) is 11.8 Å². The van der Waals surface area contributed by atoms with E-state index in [4.69, 9.17) is 9.84 Å². The molecule has 0 bridgehead atoms. The molecule has 23 heavy (non-hydrogen) atoms. The molecular formula is C16H27NO6. The summed E-state index contributed by atoms with van der Waals surface area (Å²) in [4.78, 5) is 46.3. The van der Waals surface area contributed by atoms with Crippen LogP contribution in [0.5, 0.6) is 0 Å². The van der Waals surface area contributed by atoms with E-state index in [-0.39, 0.29) is 31.3 Å². The molecular weight excluding hydrogens is 302 g/mol. The molecule has 0 rings (SSSR count). The minimum atomic E-state index is -1.05. The van der Waals surface area contributed by atoms with Crippen molar-refractivity contribution in [1.29, 1.82) is 0 Å².